The van der Waals surface area contributed by atoms with Crippen molar-refractivity contribution in [3.8, 4) is 0 Å². The molecule has 19 heavy (non-hydrogen) atoms. The fourth-order valence-corrected chi connectivity index (χ4v) is 3.46. The van der Waals surface area contributed by atoms with Crippen molar-refractivity contribution in [2.45, 2.75) is 52.5 Å². The van der Waals surface area contributed by atoms with Crippen LogP contribution in [0.4, 0.5) is 0 Å². The van der Waals surface area contributed by atoms with Crippen LogP contribution in [0.15, 0.2) is 18.7 Å². The molecule has 1 atom stereocenters. The van der Waals surface area contributed by atoms with Gasteiger partial charge in [-0.3, -0.25) is 0 Å². The zero-order valence-electron chi connectivity index (χ0n) is 12.7. The molecule has 0 radical (unpaired) electrons. The second-order valence-corrected chi connectivity index (χ2v) is 6.92. The van der Waals surface area contributed by atoms with E-state index in [0.717, 1.165) is 11.8 Å². The second kappa shape index (κ2) is 6.00. The summed E-state index contributed by atoms with van der Waals surface area (Å²) in [5.41, 5.74) is 1.68. The van der Waals surface area contributed by atoms with Gasteiger partial charge in [-0.1, -0.05) is 20.8 Å². The number of hydrogen-bond donors (Lipinski definition) is 1. The van der Waals surface area contributed by atoms with Crippen LogP contribution < -0.4 is 5.32 Å². The van der Waals surface area contributed by atoms with Gasteiger partial charge in [0.2, 0.25) is 0 Å². The first-order valence-corrected chi connectivity index (χ1v) is 7.44. The highest BCUT2D eigenvalue weighted by Crippen LogP contribution is 2.43. The van der Waals surface area contributed by atoms with Crippen LogP contribution in [0.1, 0.15) is 58.1 Å². The lowest BCUT2D eigenvalue weighted by Gasteiger charge is -2.39. The molecule has 1 unspecified atom stereocenters. The van der Waals surface area contributed by atoms with Gasteiger partial charge in [-0.25, -0.2) is 9.97 Å². The van der Waals surface area contributed by atoms with Crippen molar-refractivity contribution in [3.63, 3.8) is 0 Å². The first-order valence-electron chi connectivity index (χ1n) is 7.44. The maximum Gasteiger partial charge on any atom is 0.115 e. The third-order valence-corrected chi connectivity index (χ3v) is 4.72. The van der Waals surface area contributed by atoms with E-state index >= 15 is 0 Å². The average Bonchev–Trinajstić information content (AvgIpc) is 2.40. The monoisotopic (exact) mass is 261 g/mol. The summed E-state index contributed by atoms with van der Waals surface area (Å²) >= 11 is 0. The molecule has 1 N–H and O–H groups in total. The van der Waals surface area contributed by atoms with E-state index in [0.29, 0.717) is 11.5 Å². The maximum absolute atomic E-state index is 4.15. The van der Waals surface area contributed by atoms with Crippen molar-refractivity contribution in [1.29, 1.82) is 0 Å². The van der Waals surface area contributed by atoms with Gasteiger partial charge >= 0.3 is 0 Å². The minimum atomic E-state index is 0.405. The van der Waals surface area contributed by atoms with Crippen LogP contribution in [0.3, 0.4) is 0 Å². The van der Waals surface area contributed by atoms with Crippen LogP contribution in [-0.2, 0) is 0 Å². The Hall–Kier alpha value is -0.960. The number of nitrogens with one attached hydrogen (secondary N) is 1. The second-order valence-electron chi connectivity index (χ2n) is 6.92. The van der Waals surface area contributed by atoms with Crippen LogP contribution in [0.2, 0.25) is 0 Å². The molecule has 1 aromatic heterocycles. The van der Waals surface area contributed by atoms with Crippen LogP contribution in [0.25, 0.3) is 0 Å². The summed E-state index contributed by atoms with van der Waals surface area (Å²) in [7, 11) is 2.05. The molecule has 0 amide bonds. The van der Waals surface area contributed by atoms with Crippen molar-refractivity contribution in [1.82, 2.24) is 15.3 Å². The minimum Gasteiger partial charge on any atom is -0.313 e. The molecule has 2 rings (SSSR count). The van der Waals surface area contributed by atoms with Crippen LogP contribution in [0, 0.1) is 17.3 Å². The Balaban J connectivity index is 2.00. The maximum atomic E-state index is 4.15. The van der Waals surface area contributed by atoms with Crippen molar-refractivity contribution < 1.29 is 0 Å². The van der Waals surface area contributed by atoms with Gasteiger partial charge in [0.05, 0.1) is 0 Å². The van der Waals surface area contributed by atoms with Crippen molar-refractivity contribution in [2.75, 3.05) is 7.05 Å². The largest absolute Gasteiger partial charge is 0.313 e. The summed E-state index contributed by atoms with van der Waals surface area (Å²) in [4.78, 5) is 8.30. The highest BCUT2D eigenvalue weighted by Gasteiger charge is 2.32. The predicted octanol–water partition coefficient (Wildman–Crippen LogP) is 3.59. The van der Waals surface area contributed by atoms with E-state index in [-0.39, 0.29) is 0 Å². The molecule has 106 valence electrons. The van der Waals surface area contributed by atoms with Gasteiger partial charge in [0, 0.05) is 24.0 Å². The molecule has 1 saturated carbocycles. The first-order chi connectivity index (χ1) is 9.02. The molecule has 1 fully saturated rings. The summed E-state index contributed by atoms with van der Waals surface area (Å²) in [5.74, 6) is 1.59. The van der Waals surface area contributed by atoms with E-state index in [1.54, 1.807) is 6.33 Å². The minimum absolute atomic E-state index is 0.405. The molecule has 1 aliphatic carbocycles. The molecule has 0 aliphatic heterocycles. The van der Waals surface area contributed by atoms with Crippen molar-refractivity contribution in [3.05, 3.63) is 24.3 Å². The Morgan fingerprint density at radius 1 is 1.11 bits per heavy atom. The Bertz CT molecular complexity index is 375. The Kier molecular flexibility index (Phi) is 4.56. The van der Waals surface area contributed by atoms with Gasteiger partial charge in [-0.05, 0) is 50.0 Å². The molecule has 3 nitrogen and oxygen atoms in total. The zero-order chi connectivity index (χ0) is 13.9. The van der Waals surface area contributed by atoms with Gasteiger partial charge in [-0.2, -0.15) is 0 Å². The zero-order valence-corrected chi connectivity index (χ0v) is 12.7. The molecular weight excluding hydrogens is 234 g/mol. The summed E-state index contributed by atoms with van der Waals surface area (Å²) in [6.45, 7) is 7.12. The van der Waals surface area contributed by atoms with Gasteiger partial charge in [-0.15, -0.1) is 0 Å². The molecule has 0 spiro atoms. The molecule has 1 heterocycles. The lowest BCUT2D eigenvalue weighted by molar-refractivity contribution is 0.134. The SMILES string of the molecule is CNC(c1cncnc1)C1CCC(C(C)(C)C)CC1. The number of aromatic nitrogens is 2. The van der Waals surface area contributed by atoms with Crippen molar-refractivity contribution in [2.24, 2.45) is 17.3 Å². The molecule has 1 aromatic rings. The summed E-state index contributed by atoms with van der Waals surface area (Å²) in [6.07, 6.45) is 10.8. The molecule has 3 heteroatoms. The summed E-state index contributed by atoms with van der Waals surface area (Å²) in [5, 5.41) is 3.46. The van der Waals surface area contributed by atoms with E-state index in [9.17, 15) is 0 Å². The fourth-order valence-electron chi connectivity index (χ4n) is 3.46. The molecular formula is C16H27N3. The van der Waals surface area contributed by atoms with Crippen LogP contribution >= 0.6 is 0 Å². The van der Waals surface area contributed by atoms with Gasteiger partial charge < -0.3 is 5.32 Å². The van der Waals surface area contributed by atoms with E-state index in [2.05, 4.69) is 36.1 Å². The van der Waals surface area contributed by atoms with Gasteiger partial charge in [0.25, 0.3) is 0 Å². The summed E-state index contributed by atoms with van der Waals surface area (Å²) < 4.78 is 0. The predicted molar refractivity (Wildman–Crippen MR) is 78.7 cm³/mol. The number of nitrogens with zero attached hydrogens (tertiary/aromatic N) is 2. The normalized spacial score (nSPS) is 26.1. The van der Waals surface area contributed by atoms with E-state index in [4.69, 9.17) is 0 Å². The van der Waals surface area contributed by atoms with E-state index < -0.39 is 0 Å². The quantitative estimate of drug-likeness (QED) is 0.903. The first kappa shape index (κ1) is 14.4. The van der Waals surface area contributed by atoms with Gasteiger partial charge in [0.15, 0.2) is 0 Å². The highest BCUT2D eigenvalue weighted by molar-refractivity contribution is 5.11. The lowest BCUT2D eigenvalue weighted by atomic mass is 9.68. The highest BCUT2D eigenvalue weighted by atomic mass is 14.9. The topological polar surface area (TPSA) is 37.8 Å². The molecule has 0 aromatic carbocycles. The standard InChI is InChI=1S/C16H27N3/c1-16(2,3)14-7-5-12(6-8-14)15(17-4)13-9-18-11-19-10-13/h9-12,14-15,17H,5-8H2,1-4H3. The van der Waals surface area contributed by atoms with Crippen molar-refractivity contribution >= 4 is 0 Å². The number of hydrogen-bond acceptors (Lipinski definition) is 3. The average molecular weight is 261 g/mol. The third kappa shape index (κ3) is 3.53. The summed E-state index contributed by atoms with van der Waals surface area (Å²) in [6, 6.07) is 0.405. The Morgan fingerprint density at radius 3 is 2.16 bits per heavy atom. The van der Waals surface area contributed by atoms with E-state index in [1.807, 2.05) is 19.4 Å². The lowest BCUT2D eigenvalue weighted by Crippen LogP contribution is -2.32. The molecule has 0 saturated heterocycles. The third-order valence-electron chi connectivity index (χ3n) is 4.72. The molecule has 1 aliphatic rings. The fraction of sp³-hybridized carbons (Fsp3) is 0.750. The Labute approximate surface area is 117 Å². The van der Waals surface area contributed by atoms with Crippen LogP contribution in [-0.4, -0.2) is 17.0 Å². The van der Waals surface area contributed by atoms with E-state index in [1.165, 1.54) is 31.2 Å². The Morgan fingerprint density at radius 2 is 1.68 bits per heavy atom. The smallest absolute Gasteiger partial charge is 0.115 e. The number of rotatable bonds is 3. The van der Waals surface area contributed by atoms with Crippen LogP contribution in [0.5, 0.6) is 0 Å². The van der Waals surface area contributed by atoms with Gasteiger partial charge in [0.1, 0.15) is 6.33 Å². The molecule has 0 bridgehead atoms.